The predicted octanol–water partition coefficient (Wildman–Crippen LogP) is 0.872. The Labute approximate surface area is 114 Å². The van der Waals surface area contributed by atoms with Crippen LogP contribution in [0.15, 0.2) is 0 Å². The first-order valence-corrected chi connectivity index (χ1v) is 7.25. The summed E-state index contributed by atoms with van der Waals surface area (Å²) in [4.78, 5) is 12.0. The van der Waals surface area contributed by atoms with E-state index < -0.39 is 0 Å². The number of hydrogen-bond donors (Lipinski definition) is 3. The molecule has 1 saturated heterocycles. The molecule has 19 heavy (non-hydrogen) atoms. The highest BCUT2D eigenvalue weighted by Crippen LogP contribution is 2.52. The fraction of sp³-hybridized carbons (Fsp3) is 0.929. The summed E-state index contributed by atoms with van der Waals surface area (Å²) in [5, 5.41) is 15.2. The minimum Gasteiger partial charge on any atom is -0.396 e. The first-order valence-electron chi connectivity index (χ1n) is 7.25. The summed E-state index contributed by atoms with van der Waals surface area (Å²) in [6.07, 6.45) is 3.36. The fourth-order valence-corrected chi connectivity index (χ4v) is 3.64. The molecule has 1 aliphatic heterocycles. The highest BCUT2D eigenvalue weighted by Gasteiger charge is 2.59. The summed E-state index contributed by atoms with van der Waals surface area (Å²) in [6.45, 7) is 5.86. The van der Waals surface area contributed by atoms with Crippen molar-refractivity contribution in [2.45, 2.75) is 45.3 Å². The van der Waals surface area contributed by atoms with Crippen molar-refractivity contribution in [1.82, 2.24) is 10.6 Å². The van der Waals surface area contributed by atoms with E-state index in [-0.39, 0.29) is 29.5 Å². The van der Waals surface area contributed by atoms with E-state index in [9.17, 15) is 9.90 Å². The van der Waals surface area contributed by atoms with Crippen LogP contribution in [0.3, 0.4) is 0 Å². The van der Waals surface area contributed by atoms with E-state index in [2.05, 4.69) is 24.5 Å². The van der Waals surface area contributed by atoms with Gasteiger partial charge in [0.2, 0.25) is 0 Å². The molecule has 2 aliphatic carbocycles. The van der Waals surface area contributed by atoms with Crippen molar-refractivity contribution in [3.05, 3.63) is 0 Å². The summed E-state index contributed by atoms with van der Waals surface area (Å²) < 4.78 is 5.72. The summed E-state index contributed by atoms with van der Waals surface area (Å²) >= 11 is 0. The minimum atomic E-state index is -0.108. The number of hydrogen-bond acceptors (Lipinski definition) is 3. The van der Waals surface area contributed by atoms with Gasteiger partial charge in [-0.2, -0.15) is 0 Å². The highest BCUT2D eigenvalue weighted by molar-refractivity contribution is 5.74. The number of urea groups is 1. The molecule has 0 radical (unpaired) electrons. The zero-order valence-corrected chi connectivity index (χ0v) is 11.7. The molecule has 5 heteroatoms. The molecule has 2 amide bonds. The lowest BCUT2D eigenvalue weighted by Gasteiger charge is -2.54. The number of ether oxygens (including phenoxy) is 1. The average molecular weight is 268 g/mol. The summed E-state index contributed by atoms with van der Waals surface area (Å²) in [6, 6.07) is 0.0902. The van der Waals surface area contributed by atoms with Crippen LogP contribution < -0.4 is 10.6 Å². The topological polar surface area (TPSA) is 70.6 Å². The Kier molecular flexibility index (Phi) is 3.02. The van der Waals surface area contributed by atoms with Crippen LogP contribution in [0, 0.1) is 16.7 Å². The summed E-state index contributed by atoms with van der Waals surface area (Å²) in [5.41, 5.74) is -0.0156. The van der Waals surface area contributed by atoms with Gasteiger partial charge in [-0.3, -0.25) is 0 Å². The lowest BCUT2D eigenvalue weighted by atomic mass is 9.57. The number of nitrogens with one attached hydrogen (secondary N) is 2. The molecule has 3 N–H and O–H groups in total. The zero-order chi connectivity index (χ0) is 13.7. The normalized spacial score (nSPS) is 37.1. The molecule has 2 saturated carbocycles. The van der Waals surface area contributed by atoms with Gasteiger partial charge in [-0.1, -0.05) is 13.8 Å². The van der Waals surface area contributed by atoms with Crippen molar-refractivity contribution in [2.75, 3.05) is 19.8 Å². The Balaban J connectivity index is 1.50. The third-order valence-corrected chi connectivity index (χ3v) is 5.30. The van der Waals surface area contributed by atoms with Crippen molar-refractivity contribution < 1.29 is 14.6 Å². The van der Waals surface area contributed by atoms with Crippen molar-refractivity contribution in [2.24, 2.45) is 16.7 Å². The molecular weight excluding hydrogens is 244 g/mol. The lowest BCUT2D eigenvalue weighted by Crippen LogP contribution is -2.67. The van der Waals surface area contributed by atoms with Crippen LogP contribution >= 0.6 is 0 Å². The second kappa shape index (κ2) is 4.35. The van der Waals surface area contributed by atoms with E-state index in [1.54, 1.807) is 0 Å². The third kappa shape index (κ3) is 2.13. The van der Waals surface area contributed by atoms with Crippen LogP contribution in [0.2, 0.25) is 0 Å². The van der Waals surface area contributed by atoms with Crippen LogP contribution in [-0.2, 0) is 4.74 Å². The average Bonchev–Trinajstić information content (AvgIpc) is 3.03. The second-order valence-corrected chi connectivity index (χ2v) is 7.03. The van der Waals surface area contributed by atoms with Gasteiger partial charge in [-0.05, 0) is 19.3 Å². The van der Waals surface area contributed by atoms with Gasteiger partial charge in [0.05, 0.1) is 12.7 Å². The monoisotopic (exact) mass is 268 g/mol. The maximum atomic E-state index is 12.0. The Hall–Kier alpha value is -0.810. The first-order chi connectivity index (χ1) is 8.98. The SMILES string of the molecule is CC1(C)[C@H](NC(=O)NCC2(CO)CC2)[C@H]2CCO[C@H]21. The van der Waals surface area contributed by atoms with Crippen LogP contribution in [0.25, 0.3) is 0 Å². The molecule has 1 heterocycles. The van der Waals surface area contributed by atoms with E-state index in [1.807, 2.05) is 0 Å². The second-order valence-electron chi connectivity index (χ2n) is 7.03. The van der Waals surface area contributed by atoms with Crippen LogP contribution in [0.4, 0.5) is 4.79 Å². The smallest absolute Gasteiger partial charge is 0.315 e. The van der Waals surface area contributed by atoms with Gasteiger partial charge in [-0.25, -0.2) is 4.79 Å². The van der Waals surface area contributed by atoms with Gasteiger partial charge in [0.15, 0.2) is 0 Å². The molecule has 0 aromatic heterocycles. The number of fused-ring (bicyclic) bond motifs is 1. The molecule has 0 aromatic carbocycles. The molecule has 3 fully saturated rings. The van der Waals surface area contributed by atoms with E-state index in [4.69, 9.17) is 4.74 Å². The van der Waals surface area contributed by atoms with Gasteiger partial charge >= 0.3 is 6.03 Å². The van der Waals surface area contributed by atoms with Crippen molar-refractivity contribution >= 4 is 6.03 Å². The lowest BCUT2D eigenvalue weighted by molar-refractivity contribution is -0.108. The highest BCUT2D eigenvalue weighted by atomic mass is 16.5. The number of carbonyl (C=O) groups is 1. The molecule has 108 valence electrons. The maximum absolute atomic E-state index is 12.0. The van der Waals surface area contributed by atoms with Gasteiger partial charge < -0.3 is 20.5 Å². The van der Waals surface area contributed by atoms with E-state index in [1.165, 1.54) is 0 Å². The first kappa shape index (κ1) is 13.2. The molecule has 3 aliphatic rings. The van der Waals surface area contributed by atoms with Crippen LogP contribution in [-0.4, -0.2) is 43.0 Å². The Morgan fingerprint density at radius 3 is 2.79 bits per heavy atom. The molecule has 3 rings (SSSR count). The van der Waals surface area contributed by atoms with E-state index >= 15 is 0 Å². The predicted molar refractivity (Wildman–Crippen MR) is 70.7 cm³/mol. The number of rotatable bonds is 4. The fourth-order valence-electron chi connectivity index (χ4n) is 3.64. The van der Waals surface area contributed by atoms with Crippen LogP contribution in [0.5, 0.6) is 0 Å². The van der Waals surface area contributed by atoms with Crippen molar-refractivity contribution in [1.29, 1.82) is 0 Å². The summed E-state index contributed by atoms with van der Waals surface area (Å²) in [7, 11) is 0. The quantitative estimate of drug-likeness (QED) is 0.708. The standard InChI is InChI=1S/C14H24N2O3/c1-13(2)10(9-3-6-19-11(9)13)16-12(18)15-7-14(8-17)4-5-14/h9-11,17H,3-8H2,1-2H3,(H2,15,16,18)/t9-,10-,11-/m1/s1. The van der Waals surface area contributed by atoms with Crippen LogP contribution in [0.1, 0.15) is 33.1 Å². The van der Waals surface area contributed by atoms with E-state index in [0.29, 0.717) is 18.6 Å². The number of aliphatic hydroxyl groups excluding tert-OH is 1. The number of aliphatic hydroxyl groups is 1. The molecule has 0 aromatic rings. The Bertz CT molecular complexity index is 379. The van der Waals surface area contributed by atoms with Gasteiger partial charge in [0.25, 0.3) is 0 Å². The Morgan fingerprint density at radius 2 is 2.16 bits per heavy atom. The molecule has 0 unspecified atom stereocenters. The molecular formula is C14H24N2O3. The minimum absolute atomic E-state index is 0.0206. The zero-order valence-electron chi connectivity index (χ0n) is 11.7. The maximum Gasteiger partial charge on any atom is 0.315 e. The van der Waals surface area contributed by atoms with Gasteiger partial charge in [-0.15, -0.1) is 0 Å². The van der Waals surface area contributed by atoms with Crippen molar-refractivity contribution in [3.63, 3.8) is 0 Å². The molecule has 5 nitrogen and oxygen atoms in total. The number of amides is 2. The molecule has 0 bridgehead atoms. The molecule has 3 atom stereocenters. The number of carbonyl (C=O) groups excluding carboxylic acids is 1. The third-order valence-electron chi connectivity index (χ3n) is 5.30. The van der Waals surface area contributed by atoms with Gasteiger partial charge in [0, 0.05) is 35.9 Å². The van der Waals surface area contributed by atoms with Crippen molar-refractivity contribution in [3.8, 4) is 0 Å². The molecule has 0 spiro atoms. The van der Waals surface area contributed by atoms with E-state index in [0.717, 1.165) is 25.9 Å². The Morgan fingerprint density at radius 1 is 1.42 bits per heavy atom. The summed E-state index contributed by atoms with van der Waals surface area (Å²) in [5.74, 6) is 0.466. The largest absolute Gasteiger partial charge is 0.396 e. The van der Waals surface area contributed by atoms with Gasteiger partial charge in [0.1, 0.15) is 0 Å².